The van der Waals surface area contributed by atoms with E-state index in [1.54, 1.807) is 0 Å². The molecule has 15 heavy (non-hydrogen) atoms. The van der Waals surface area contributed by atoms with Crippen LogP contribution in [0.5, 0.6) is 0 Å². The highest BCUT2D eigenvalue weighted by atomic mass is 35.5. The standard InChI is InChI=1S/C13H11ClO/c1-8-7-12(13(14)15)9(2)11-6-4-3-5-10(8)11/h3-7H,1-2H3. The largest absolute Gasteiger partial charge is 0.276 e. The Morgan fingerprint density at radius 2 is 1.73 bits per heavy atom. The number of fused-ring (bicyclic) bond motifs is 1. The summed E-state index contributed by atoms with van der Waals surface area (Å²) in [5, 5.41) is 1.89. The lowest BCUT2D eigenvalue weighted by atomic mass is 9.97. The number of halogens is 1. The van der Waals surface area contributed by atoms with Crippen molar-refractivity contribution in [2.24, 2.45) is 0 Å². The molecule has 0 aliphatic carbocycles. The first-order valence-electron chi connectivity index (χ1n) is 4.80. The summed E-state index contributed by atoms with van der Waals surface area (Å²) < 4.78 is 0. The molecule has 0 atom stereocenters. The molecular weight excluding hydrogens is 208 g/mol. The lowest BCUT2D eigenvalue weighted by Gasteiger charge is -2.08. The van der Waals surface area contributed by atoms with Gasteiger partial charge >= 0.3 is 0 Å². The molecule has 2 rings (SSSR count). The van der Waals surface area contributed by atoms with E-state index in [9.17, 15) is 4.79 Å². The van der Waals surface area contributed by atoms with Crippen molar-refractivity contribution in [3.8, 4) is 0 Å². The Hall–Kier alpha value is -1.34. The number of benzene rings is 2. The van der Waals surface area contributed by atoms with Crippen molar-refractivity contribution in [1.82, 2.24) is 0 Å². The quantitative estimate of drug-likeness (QED) is 0.665. The molecule has 0 unspecified atom stereocenters. The van der Waals surface area contributed by atoms with Crippen LogP contribution in [0.1, 0.15) is 21.5 Å². The smallest absolute Gasteiger partial charge is 0.252 e. The minimum Gasteiger partial charge on any atom is -0.276 e. The van der Waals surface area contributed by atoms with Gasteiger partial charge in [0.25, 0.3) is 5.24 Å². The van der Waals surface area contributed by atoms with Gasteiger partial charge < -0.3 is 0 Å². The first-order chi connectivity index (χ1) is 7.11. The Labute approximate surface area is 93.7 Å². The SMILES string of the molecule is Cc1cc(C(=O)Cl)c(C)c2ccccc12. The van der Waals surface area contributed by atoms with Crippen molar-refractivity contribution in [3.63, 3.8) is 0 Å². The Bertz CT molecular complexity index is 543. The summed E-state index contributed by atoms with van der Waals surface area (Å²) in [6.45, 7) is 3.92. The zero-order valence-electron chi connectivity index (χ0n) is 8.67. The normalized spacial score (nSPS) is 10.6. The van der Waals surface area contributed by atoms with Crippen LogP contribution in [-0.4, -0.2) is 5.24 Å². The molecule has 0 aliphatic heterocycles. The highest BCUT2D eigenvalue weighted by molar-refractivity contribution is 6.68. The van der Waals surface area contributed by atoms with Gasteiger partial charge in [-0.3, -0.25) is 4.79 Å². The van der Waals surface area contributed by atoms with Crippen LogP contribution < -0.4 is 0 Å². The number of carbonyl (C=O) groups is 1. The second-order valence-corrected chi connectivity index (χ2v) is 4.03. The summed E-state index contributed by atoms with van der Waals surface area (Å²) in [7, 11) is 0. The van der Waals surface area contributed by atoms with Gasteiger partial charge in [-0.1, -0.05) is 24.3 Å². The van der Waals surface area contributed by atoms with E-state index < -0.39 is 0 Å². The van der Waals surface area contributed by atoms with E-state index in [1.165, 1.54) is 5.39 Å². The number of aryl methyl sites for hydroxylation is 2. The molecule has 2 aromatic rings. The zero-order valence-corrected chi connectivity index (χ0v) is 9.43. The van der Waals surface area contributed by atoms with E-state index in [2.05, 4.69) is 6.07 Å². The number of carbonyl (C=O) groups excluding carboxylic acids is 1. The first-order valence-corrected chi connectivity index (χ1v) is 5.18. The van der Waals surface area contributed by atoms with Gasteiger partial charge in [0.15, 0.2) is 0 Å². The van der Waals surface area contributed by atoms with Gasteiger partial charge in [-0.25, -0.2) is 0 Å². The topological polar surface area (TPSA) is 17.1 Å². The van der Waals surface area contributed by atoms with Crippen molar-refractivity contribution in [3.05, 3.63) is 47.0 Å². The Morgan fingerprint density at radius 1 is 1.13 bits per heavy atom. The van der Waals surface area contributed by atoms with Gasteiger partial charge in [0, 0.05) is 5.56 Å². The van der Waals surface area contributed by atoms with Crippen LogP contribution in [0.15, 0.2) is 30.3 Å². The molecule has 0 spiro atoms. The van der Waals surface area contributed by atoms with Crippen molar-refractivity contribution >= 4 is 27.6 Å². The molecule has 0 radical (unpaired) electrons. The minimum atomic E-state index is -0.388. The Kier molecular flexibility index (Phi) is 2.49. The van der Waals surface area contributed by atoms with Crippen LogP contribution in [0.3, 0.4) is 0 Å². The van der Waals surface area contributed by atoms with Gasteiger partial charge in [0.05, 0.1) is 0 Å². The molecule has 0 heterocycles. The lowest BCUT2D eigenvalue weighted by Crippen LogP contribution is -1.96. The highest BCUT2D eigenvalue weighted by Crippen LogP contribution is 2.26. The fraction of sp³-hybridized carbons (Fsp3) is 0.154. The van der Waals surface area contributed by atoms with Crippen LogP contribution in [0.2, 0.25) is 0 Å². The molecule has 76 valence electrons. The molecule has 0 N–H and O–H groups in total. The average molecular weight is 219 g/mol. The third kappa shape index (κ3) is 1.64. The third-order valence-electron chi connectivity index (χ3n) is 2.73. The van der Waals surface area contributed by atoms with Crippen LogP contribution in [0, 0.1) is 13.8 Å². The average Bonchev–Trinajstić information content (AvgIpc) is 2.23. The van der Waals surface area contributed by atoms with E-state index in [1.807, 2.05) is 38.1 Å². The number of hydrogen-bond acceptors (Lipinski definition) is 1. The third-order valence-corrected chi connectivity index (χ3v) is 2.94. The Morgan fingerprint density at radius 3 is 2.33 bits per heavy atom. The molecule has 0 bridgehead atoms. The van der Waals surface area contributed by atoms with Gasteiger partial charge in [-0.2, -0.15) is 0 Å². The van der Waals surface area contributed by atoms with Gasteiger partial charge in [0.1, 0.15) is 0 Å². The van der Waals surface area contributed by atoms with Crippen molar-refractivity contribution in [2.45, 2.75) is 13.8 Å². The summed E-state index contributed by atoms with van der Waals surface area (Å²) in [5.41, 5.74) is 2.64. The van der Waals surface area contributed by atoms with E-state index in [4.69, 9.17) is 11.6 Å². The van der Waals surface area contributed by atoms with E-state index in [-0.39, 0.29) is 5.24 Å². The summed E-state index contributed by atoms with van der Waals surface area (Å²) in [6, 6.07) is 9.89. The summed E-state index contributed by atoms with van der Waals surface area (Å²) in [6.07, 6.45) is 0. The molecule has 0 aromatic heterocycles. The molecule has 2 aromatic carbocycles. The minimum absolute atomic E-state index is 0.388. The maximum atomic E-state index is 11.2. The molecule has 0 saturated heterocycles. The van der Waals surface area contributed by atoms with Gasteiger partial charge in [-0.15, -0.1) is 0 Å². The molecule has 2 heteroatoms. The van der Waals surface area contributed by atoms with E-state index in [0.717, 1.165) is 16.5 Å². The molecule has 0 amide bonds. The monoisotopic (exact) mass is 218 g/mol. The number of hydrogen-bond donors (Lipinski definition) is 0. The van der Waals surface area contributed by atoms with E-state index in [0.29, 0.717) is 5.56 Å². The molecule has 1 nitrogen and oxygen atoms in total. The molecule has 0 aliphatic rings. The van der Waals surface area contributed by atoms with E-state index >= 15 is 0 Å². The highest BCUT2D eigenvalue weighted by Gasteiger charge is 2.10. The van der Waals surface area contributed by atoms with Crippen LogP contribution in [-0.2, 0) is 0 Å². The predicted octanol–water partition coefficient (Wildman–Crippen LogP) is 3.84. The predicted molar refractivity (Wildman–Crippen MR) is 63.6 cm³/mol. The zero-order chi connectivity index (χ0) is 11.0. The molecule has 0 fully saturated rings. The lowest BCUT2D eigenvalue weighted by molar-refractivity contribution is 0.108. The summed E-state index contributed by atoms with van der Waals surface area (Å²) >= 11 is 5.54. The van der Waals surface area contributed by atoms with Crippen LogP contribution in [0.25, 0.3) is 10.8 Å². The van der Waals surface area contributed by atoms with Crippen molar-refractivity contribution in [2.75, 3.05) is 0 Å². The van der Waals surface area contributed by atoms with Gasteiger partial charge in [-0.05, 0) is 53.4 Å². The van der Waals surface area contributed by atoms with Crippen molar-refractivity contribution < 1.29 is 4.79 Å². The van der Waals surface area contributed by atoms with Crippen LogP contribution in [0.4, 0.5) is 0 Å². The summed E-state index contributed by atoms with van der Waals surface area (Å²) in [4.78, 5) is 11.2. The second kappa shape index (κ2) is 3.67. The van der Waals surface area contributed by atoms with Crippen LogP contribution >= 0.6 is 11.6 Å². The second-order valence-electron chi connectivity index (χ2n) is 3.69. The van der Waals surface area contributed by atoms with Crippen molar-refractivity contribution in [1.29, 1.82) is 0 Å². The fourth-order valence-corrected chi connectivity index (χ4v) is 2.10. The molecule has 0 saturated carbocycles. The number of rotatable bonds is 1. The first kappa shape index (κ1) is 10.2. The maximum absolute atomic E-state index is 11.2. The fourth-order valence-electron chi connectivity index (χ4n) is 1.91. The molecular formula is C13H11ClO. The van der Waals surface area contributed by atoms with Gasteiger partial charge in [0.2, 0.25) is 0 Å². The Balaban J connectivity index is 2.90. The summed E-state index contributed by atoms with van der Waals surface area (Å²) in [5.74, 6) is 0. The maximum Gasteiger partial charge on any atom is 0.252 e.